The average molecular weight is 156 g/mol. The van der Waals surface area contributed by atoms with Crippen LogP contribution in [0.2, 0.25) is 6.32 Å². The number of hydrogen-bond acceptors (Lipinski definition) is 0. The van der Waals surface area contributed by atoms with Gasteiger partial charge in [-0.2, -0.15) is 0 Å². The molecule has 0 aliphatic rings. The van der Waals surface area contributed by atoms with Crippen LogP contribution >= 0.6 is 7.92 Å². The maximum absolute atomic E-state index is 5.52. The van der Waals surface area contributed by atoms with Crippen molar-refractivity contribution in [2.45, 2.75) is 45.3 Å². The van der Waals surface area contributed by atoms with Crippen LogP contribution in [0.1, 0.15) is 27.7 Å². The molecule has 2 radical (unpaired) electrons. The topological polar surface area (TPSA) is 0 Å². The van der Waals surface area contributed by atoms with Crippen molar-refractivity contribution in [3.63, 3.8) is 0 Å². The van der Waals surface area contributed by atoms with Crippen LogP contribution in [0.15, 0.2) is 0 Å². The molecule has 0 heterocycles. The number of rotatable bonds is 4. The first kappa shape index (κ1) is 10.5. The highest BCUT2D eigenvalue weighted by Crippen LogP contribution is 2.45. The second-order valence-corrected chi connectivity index (χ2v) is 6.76. The fourth-order valence-corrected chi connectivity index (χ4v) is 3.79. The van der Waals surface area contributed by atoms with E-state index in [-0.39, 0.29) is 7.92 Å². The summed E-state index contributed by atoms with van der Waals surface area (Å²) in [6.45, 7) is 9.23. The van der Waals surface area contributed by atoms with E-state index in [4.69, 9.17) is 7.85 Å². The van der Waals surface area contributed by atoms with E-state index >= 15 is 0 Å². The molecular formula is C8H18BP. The lowest BCUT2D eigenvalue weighted by molar-refractivity contribution is 1.00. The van der Waals surface area contributed by atoms with Crippen molar-refractivity contribution in [3.05, 3.63) is 0 Å². The van der Waals surface area contributed by atoms with Crippen LogP contribution < -0.4 is 0 Å². The van der Waals surface area contributed by atoms with E-state index in [0.29, 0.717) is 0 Å². The lowest BCUT2D eigenvalue weighted by atomic mass is 10.1. The van der Waals surface area contributed by atoms with Gasteiger partial charge >= 0.3 is 0 Å². The number of hydrogen-bond donors (Lipinski definition) is 0. The maximum atomic E-state index is 5.52. The van der Waals surface area contributed by atoms with E-state index in [2.05, 4.69) is 27.7 Å². The third kappa shape index (κ3) is 3.61. The first-order valence-electron chi connectivity index (χ1n) is 4.05. The van der Waals surface area contributed by atoms with Gasteiger partial charge in [-0.1, -0.05) is 34.0 Å². The molecular weight excluding hydrogens is 138 g/mol. The van der Waals surface area contributed by atoms with Crippen molar-refractivity contribution in [1.29, 1.82) is 0 Å². The van der Waals surface area contributed by atoms with Crippen molar-refractivity contribution in [1.82, 2.24) is 0 Å². The van der Waals surface area contributed by atoms with Gasteiger partial charge in [-0.25, -0.2) is 0 Å². The Bertz CT molecular complexity index is 73.3. The molecule has 0 N–H and O–H groups in total. The van der Waals surface area contributed by atoms with Gasteiger partial charge in [0.1, 0.15) is 0 Å². The normalized spacial score (nSPS) is 11.9. The average Bonchev–Trinajstić information content (AvgIpc) is 1.81. The van der Waals surface area contributed by atoms with Gasteiger partial charge in [0.2, 0.25) is 0 Å². The Kier molecular flexibility index (Phi) is 5.44. The van der Waals surface area contributed by atoms with Crippen LogP contribution in [0.4, 0.5) is 0 Å². The summed E-state index contributed by atoms with van der Waals surface area (Å²) in [5, 5.41) is 0. The second-order valence-electron chi connectivity index (χ2n) is 3.21. The Balaban J connectivity index is 3.73. The summed E-state index contributed by atoms with van der Waals surface area (Å²) in [6.07, 6.45) is 2.10. The molecule has 0 saturated carbocycles. The quantitative estimate of drug-likeness (QED) is 0.433. The Labute approximate surface area is 67.9 Å². The van der Waals surface area contributed by atoms with Crippen LogP contribution in [0, 0.1) is 0 Å². The molecule has 0 unspecified atom stereocenters. The molecule has 58 valence electrons. The Morgan fingerprint density at radius 2 is 1.50 bits per heavy atom. The van der Waals surface area contributed by atoms with Gasteiger partial charge in [-0.05, 0) is 17.5 Å². The minimum absolute atomic E-state index is 0.196. The van der Waals surface area contributed by atoms with Crippen molar-refractivity contribution < 1.29 is 0 Å². The third-order valence-corrected chi connectivity index (χ3v) is 5.14. The van der Waals surface area contributed by atoms with E-state index in [0.717, 1.165) is 17.6 Å². The van der Waals surface area contributed by atoms with Crippen LogP contribution in [0.3, 0.4) is 0 Å². The highest BCUT2D eigenvalue weighted by Gasteiger charge is 2.14. The summed E-state index contributed by atoms with van der Waals surface area (Å²) in [6, 6.07) is 0. The van der Waals surface area contributed by atoms with E-state index in [1.807, 2.05) is 0 Å². The van der Waals surface area contributed by atoms with E-state index in [1.165, 1.54) is 6.16 Å². The van der Waals surface area contributed by atoms with Crippen LogP contribution in [-0.4, -0.2) is 25.3 Å². The molecule has 0 aliphatic heterocycles. The first-order chi connectivity index (χ1) is 4.59. The van der Waals surface area contributed by atoms with Crippen LogP contribution in [0.25, 0.3) is 0 Å². The monoisotopic (exact) mass is 156 g/mol. The Morgan fingerprint density at radius 1 is 1.10 bits per heavy atom. The highest BCUT2D eigenvalue weighted by molar-refractivity contribution is 7.59. The maximum Gasteiger partial charge on any atom is 0.0657 e. The lowest BCUT2D eigenvalue weighted by Gasteiger charge is -2.25. The van der Waals surface area contributed by atoms with Gasteiger partial charge in [-0.3, -0.25) is 0 Å². The van der Waals surface area contributed by atoms with Gasteiger partial charge in [-0.15, -0.1) is 7.92 Å². The van der Waals surface area contributed by atoms with Gasteiger partial charge in [0.25, 0.3) is 0 Å². The van der Waals surface area contributed by atoms with Crippen molar-refractivity contribution in [3.8, 4) is 0 Å². The first-order valence-corrected chi connectivity index (χ1v) is 5.72. The summed E-state index contributed by atoms with van der Waals surface area (Å²) in [4.78, 5) is 0. The van der Waals surface area contributed by atoms with Gasteiger partial charge in [0, 0.05) is 0 Å². The van der Waals surface area contributed by atoms with Gasteiger partial charge in [0.05, 0.1) is 7.85 Å². The van der Waals surface area contributed by atoms with Crippen molar-refractivity contribution >= 4 is 15.8 Å². The molecule has 0 aromatic rings. The second kappa shape index (κ2) is 5.19. The fourth-order valence-electron chi connectivity index (χ4n) is 1.26. The zero-order valence-electron chi connectivity index (χ0n) is 7.59. The molecule has 0 bridgehead atoms. The van der Waals surface area contributed by atoms with Crippen LogP contribution in [0.5, 0.6) is 0 Å². The minimum atomic E-state index is 0.196. The fraction of sp³-hybridized carbons (Fsp3) is 1.00. The van der Waals surface area contributed by atoms with Crippen molar-refractivity contribution in [2.24, 2.45) is 0 Å². The molecule has 0 fully saturated rings. The summed E-state index contributed by atoms with van der Waals surface area (Å²) in [5.41, 5.74) is 1.69. The summed E-state index contributed by atoms with van der Waals surface area (Å²) >= 11 is 0. The highest BCUT2D eigenvalue weighted by atomic mass is 31.1. The smallest absolute Gasteiger partial charge is 0.0657 e. The molecule has 0 aliphatic carbocycles. The summed E-state index contributed by atoms with van der Waals surface area (Å²) in [7, 11) is 5.72. The van der Waals surface area contributed by atoms with Gasteiger partial charge < -0.3 is 0 Å². The zero-order chi connectivity index (χ0) is 8.15. The largest absolute Gasteiger partial charge is 0.102 e. The Morgan fingerprint density at radius 3 is 1.60 bits per heavy atom. The molecule has 2 heteroatoms. The van der Waals surface area contributed by atoms with E-state index in [9.17, 15) is 0 Å². The van der Waals surface area contributed by atoms with Crippen LogP contribution in [-0.2, 0) is 0 Å². The third-order valence-electron chi connectivity index (χ3n) is 1.71. The molecule has 0 aromatic carbocycles. The molecule has 0 atom stereocenters. The van der Waals surface area contributed by atoms with E-state index in [1.54, 1.807) is 0 Å². The molecule has 0 spiro atoms. The minimum Gasteiger partial charge on any atom is -0.102 e. The summed E-state index contributed by atoms with van der Waals surface area (Å²) in [5.74, 6) is 0. The lowest BCUT2D eigenvalue weighted by Crippen LogP contribution is -2.06. The SMILES string of the molecule is [B]CCP(C(C)C)C(C)C. The molecule has 0 aromatic heterocycles. The van der Waals surface area contributed by atoms with Crippen molar-refractivity contribution in [2.75, 3.05) is 6.16 Å². The molecule has 0 amide bonds. The predicted octanol–water partition coefficient (Wildman–Crippen LogP) is 2.87. The standard InChI is InChI=1S/C8H18BP/c1-7(2)10(6-5-9)8(3)4/h7-8H,5-6H2,1-4H3. The van der Waals surface area contributed by atoms with E-state index < -0.39 is 0 Å². The van der Waals surface area contributed by atoms with Gasteiger partial charge in [0.15, 0.2) is 0 Å². The zero-order valence-corrected chi connectivity index (χ0v) is 8.49. The molecule has 0 rings (SSSR count). The predicted molar refractivity (Wildman–Crippen MR) is 52.6 cm³/mol. The summed E-state index contributed by atoms with van der Waals surface area (Å²) < 4.78 is 0. The Hall–Kier alpha value is 0.495. The molecule has 0 saturated heterocycles. The molecule has 0 nitrogen and oxygen atoms in total. The molecule has 10 heavy (non-hydrogen) atoms.